The molecule has 2 unspecified atom stereocenters. The van der Waals surface area contributed by atoms with Gasteiger partial charge in [-0.2, -0.15) is 0 Å². The lowest BCUT2D eigenvalue weighted by molar-refractivity contribution is -0.136. The Balaban J connectivity index is 2.80. The Kier molecular flexibility index (Phi) is 4.89. The van der Waals surface area contributed by atoms with Crippen molar-refractivity contribution in [1.82, 2.24) is 4.31 Å². The molecule has 0 amide bonds. The van der Waals surface area contributed by atoms with Crippen LogP contribution in [0.1, 0.15) is 18.7 Å². The molecule has 0 aliphatic heterocycles. The molecule has 0 bridgehead atoms. The predicted molar refractivity (Wildman–Crippen MR) is 71.3 cm³/mol. The molecule has 0 fully saturated rings. The Morgan fingerprint density at radius 2 is 2.11 bits per heavy atom. The first-order valence-electron chi connectivity index (χ1n) is 5.49. The summed E-state index contributed by atoms with van der Waals surface area (Å²) in [5.41, 5.74) is 0. The number of aliphatic carboxylic acids is 1. The Bertz CT molecular complexity index is 495. The summed E-state index contributed by atoms with van der Waals surface area (Å²) < 4.78 is 25.1. The number of hydrogen-bond donors (Lipinski definition) is 1. The summed E-state index contributed by atoms with van der Waals surface area (Å²) >= 11 is 1.56. The fourth-order valence-electron chi connectivity index (χ4n) is 1.48. The highest BCUT2D eigenvalue weighted by atomic mass is 32.2. The van der Waals surface area contributed by atoms with Crippen LogP contribution in [0.4, 0.5) is 0 Å². The lowest BCUT2D eigenvalue weighted by Crippen LogP contribution is -2.43. The molecule has 1 heterocycles. The third-order valence-electron chi connectivity index (χ3n) is 2.89. The minimum Gasteiger partial charge on any atom is -0.480 e. The van der Waals surface area contributed by atoms with Crippen LogP contribution < -0.4 is 0 Å². The van der Waals surface area contributed by atoms with Crippen LogP contribution >= 0.6 is 11.3 Å². The molecule has 1 N–H and O–H groups in total. The zero-order valence-electron chi connectivity index (χ0n) is 10.5. The van der Waals surface area contributed by atoms with E-state index < -0.39 is 21.2 Å². The molecular formula is C11H17NO4S2. The van der Waals surface area contributed by atoms with Crippen LogP contribution in [0.2, 0.25) is 0 Å². The number of nitrogens with zero attached hydrogens (tertiary/aromatic N) is 1. The van der Waals surface area contributed by atoms with Crippen LogP contribution in [0.3, 0.4) is 0 Å². The van der Waals surface area contributed by atoms with E-state index in [4.69, 9.17) is 5.11 Å². The van der Waals surface area contributed by atoms with E-state index in [2.05, 4.69) is 0 Å². The van der Waals surface area contributed by atoms with Crippen LogP contribution in [0.15, 0.2) is 17.5 Å². The lowest BCUT2D eigenvalue weighted by Gasteiger charge is -2.25. The number of likely N-dealkylation sites (N-methyl/N-ethyl adjacent to an activating group) is 1. The van der Waals surface area contributed by atoms with E-state index in [1.54, 1.807) is 18.3 Å². The summed E-state index contributed by atoms with van der Waals surface area (Å²) in [7, 11) is -2.38. The molecule has 0 aliphatic carbocycles. The van der Waals surface area contributed by atoms with E-state index in [0.29, 0.717) is 6.42 Å². The van der Waals surface area contributed by atoms with Gasteiger partial charge in [0.05, 0.1) is 0 Å². The molecule has 0 radical (unpaired) electrons. The Morgan fingerprint density at radius 1 is 1.50 bits per heavy atom. The average Bonchev–Trinajstić information content (AvgIpc) is 2.79. The van der Waals surface area contributed by atoms with Gasteiger partial charge in [0.1, 0.15) is 0 Å². The number of hydrogen-bond acceptors (Lipinski definition) is 4. The predicted octanol–water partition coefficient (Wildman–Crippen LogP) is 1.41. The molecule has 1 rings (SSSR count). The summed E-state index contributed by atoms with van der Waals surface area (Å²) in [6, 6.07) is 3.57. The van der Waals surface area contributed by atoms with E-state index in [1.807, 2.05) is 17.5 Å². The van der Waals surface area contributed by atoms with E-state index in [-0.39, 0.29) is 6.04 Å². The minimum atomic E-state index is -3.80. The van der Waals surface area contributed by atoms with Crippen molar-refractivity contribution in [3.05, 3.63) is 22.4 Å². The second kappa shape index (κ2) is 5.81. The molecule has 2 atom stereocenters. The summed E-state index contributed by atoms with van der Waals surface area (Å²) in [5, 5.41) is 9.31. The average molecular weight is 291 g/mol. The molecule has 18 heavy (non-hydrogen) atoms. The Hall–Kier alpha value is -0.920. The van der Waals surface area contributed by atoms with Gasteiger partial charge in [0.25, 0.3) is 0 Å². The first kappa shape index (κ1) is 15.1. The van der Waals surface area contributed by atoms with Crippen LogP contribution in [-0.4, -0.2) is 42.1 Å². The van der Waals surface area contributed by atoms with Crippen molar-refractivity contribution in [2.45, 2.75) is 31.6 Å². The molecule has 5 nitrogen and oxygen atoms in total. The van der Waals surface area contributed by atoms with Gasteiger partial charge < -0.3 is 5.11 Å². The Labute approximate surface area is 111 Å². The van der Waals surface area contributed by atoms with E-state index in [1.165, 1.54) is 14.0 Å². The van der Waals surface area contributed by atoms with Gasteiger partial charge in [-0.3, -0.25) is 4.79 Å². The van der Waals surface area contributed by atoms with Crippen LogP contribution in [0.5, 0.6) is 0 Å². The van der Waals surface area contributed by atoms with Crippen molar-refractivity contribution in [3.63, 3.8) is 0 Å². The van der Waals surface area contributed by atoms with Gasteiger partial charge in [0.2, 0.25) is 10.0 Å². The molecule has 0 spiro atoms. The Morgan fingerprint density at radius 3 is 2.56 bits per heavy atom. The van der Waals surface area contributed by atoms with Crippen LogP contribution in [0.25, 0.3) is 0 Å². The number of carbonyl (C=O) groups is 1. The maximum absolute atomic E-state index is 12.0. The van der Waals surface area contributed by atoms with Gasteiger partial charge in [-0.05, 0) is 31.7 Å². The zero-order chi connectivity index (χ0) is 13.9. The number of thiophene rings is 1. The molecular weight excluding hydrogens is 274 g/mol. The molecule has 0 aromatic carbocycles. The summed E-state index contributed by atoms with van der Waals surface area (Å²) in [5.74, 6) is -1.33. The van der Waals surface area contributed by atoms with Crippen molar-refractivity contribution >= 4 is 27.3 Å². The first-order valence-corrected chi connectivity index (χ1v) is 7.87. The number of sulfonamides is 1. The molecule has 0 saturated carbocycles. The largest absolute Gasteiger partial charge is 0.480 e. The van der Waals surface area contributed by atoms with Crippen molar-refractivity contribution in [1.29, 1.82) is 0 Å². The smallest absolute Gasteiger partial charge is 0.323 e. The van der Waals surface area contributed by atoms with Gasteiger partial charge in [-0.25, -0.2) is 12.7 Å². The highest BCUT2D eigenvalue weighted by Crippen LogP contribution is 2.17. The van der Waals surface area contributed by atoms with Gasteiger partial charge >= 0.3 is 5.97 Å². The number of carboxylic acid groups (broad SMARTS) is 1. The molecule has 0 aliphatic rings. The molecule has 7 heteroatoms. The molecule has 1 aromatic rings. The van der Waals surface area contributed by atoms with Gasteiger partial charge in [-0.1, -0.05) is 6.07 Å². The summed E-state index contributed by atoms with van der Waals surface area (Å²) in [4.78, 5) is 11.9. The third-order valence-corrected chi connectivity index (χ3v) is 6.05. The molecule has 0 saturated heterocycles. The lowest BCUT2D eigenvalue weighted by atomic mass is 10.2. The highest BCUT2D eigenvalue weighted by Gasteiger charge is 2.34. The minimum absolute atomic E-state index is 0.268. The highest BCUT2D eigenvalue weighted by molar-refractivity contribution is 7.90. The molecule has 1 aromatic heterocycles. The summed E-state index contributed by atoms with van der Waals surface area (Å²) in [6.07, 6.45) is 0.583. The van der Waals surface area contributed by atoms with Crippen molar-refractivity contribution < 1.29 is 18.3 Å². The van der Waals surface area contributed by atoms with Gasteiger partial charge in [0.15, 0.2) is 5.25 Å². The van der Waals surface area contributed by atoms with E-state index >= 15 is 0 Å². The van der Waals surface area contributed by atoms with E-state index in [9.17, 15) is 13.2 Å². The van der Waals surface area contributed by atoms with Crippen molar-refractivity contribution in [2.75, 3.05) is 7.05 Å². The number of rotatable bonds is 6. The summed E-state index contributed by atoms with van der Waals surface area (Å²) in [6.45, 7) is 2.96. The fourth-order valence-corrected chi connectivity index (χ4v) is 3.63. The third kappa shape index (κ3) is 3.30. The monoisotopic (exact) mass is 291 g/mol. The fraction of sp³-hybridized carbons (Fsp3) is 0.545. The van der Waals surface area contributed by atoms with E-state index in [0.717, 1.165) is 9.18 Å². The van der Waals surface area contributed by atoms with Gasteiger partial charge in [-0.15, -0.1) is 11.3 Å². The maximum Gasteiger partial charge on any atom is 0.323 e. The topological polar surface area (TPSA) is 74.7 Å². The normalized spacial score (nSPS) is 15.6. The SMILES string of the molecule is CC(Cc1cccs1)N(C)S(=O)(=O)C(C)C(=O)O. The van der Waals surface area contributed by atoms with Gasteiger partial charge in [0, 0.05) is 18.0 Å². The van der Waals surface area contributed by atoms with Crippen molar-refractivity contribution in [2.24, 2.45) is 0 Å². The van der Waals surface area contributed by atoms with Crippen molar-refractivity contribution in [3.8, 4) is 0 Å². The van der Waals surface area contributed by atoms with Crippen LogP contribution in [-0.2, 0) is 21.2 Å². The second-order valence-corrected chi connectivity index (χ2v) is 7.52. The number of carboxylic acids is 1. The zero-order valence-corrected chi connectivity index (χ0v) is 12.2. The quantitative estimate of drug-likeness (QED) is 0.860. The molecule has 102 valence electrons. The standard InChI is InChI=1S/C11H17NO4S2/c1-8(7-10-5-4-6-17-10)12(3)18(15,16)9(2)11(13)14/h4-6,8-9H,7H2,1-3H3,(H,13,14). The first-order chi connectivity index (χ1) is 8.26. The second-order valence-electron chi connectivity index (χ2n) is 4.17. The van der Waals surface area contributed by atoms with Crippen LogP contribution in [0, 0.1) is 0 Å². The maximum atomic E-state index is 12.0.